The molecule has 0 aliphatic carbocycles. The molecule has 0 atom stereocenters. The molecule has 1 aliphatic rings. The van der Waals surface area contributed by atoms with Gasteiger partial charge in [-0.2, -0.15) is 4.37 Å². The first kappa shape index (κ1) is 19.4. The van der Waals surface area contributed by atoms with Gasteiger partial charge in [-0.3, -0.25) is 4.72 Å². The quantitative estimate of drug-likeness (QED) is 0.614. The van der Waals surface area contributed by atoms with Crippen LogP contribution in [0.25, 0.3) is 0 Å². The summed E-state index contributed by atoms with van der Waals surface area (Å²) in [7, 11) is -4.17. The molecular weight excluding hydrogens is 446 g/mol. The van der Waals surface area contributed by atoms with E-state index in [1.165, 1.54) is 6.33 Å². The van der Waals surface area contributed by atoms with E-state index in [4.69, 9.17) is 23.2 Å². The Hall–Kier alpha value is -1.94. The summed E-state index contributed by atoms with van der Waals surface area (Å²) in [6, 6.07) is 7.93. The van der Waals surface area contributed by atoms with Gasteiger partial charge in [0.15, 0.2) is 0 Å². The van der Waals surface area contributed by atoms with Gasteiger partial charge in [0.2, 0.25) is 5.13 Å². The average molecular weight is 459 g/mol. The van der Waals surface area contributed by atoms with Crippen molar-refractivity contribution in [3.05, 3.63) is 63.6 Å². The molecule has 1 N–H and O–H groups in total. The highest BCUT2D eigenvalue weighted by molar-refractivity contribution is 7.93. The van der Waals surface area contributed by atoms with Crippen molar-refractivity contribution >= 4 is 55.6 Å². The first-order chi connectivity index (χ1) is 13.3. The number of rotatable bonds is 5. The van der Waals surface area contributed by atoms with Crippen LogP contribution in [-0.4, -0.2) is 24.3 Å². The Morgan fingerprint density at radius 1 is 1.25 bits per heavy atom. The molecule has 2 aromatic carbocycles. The van der Waals surface area contributed by atoms with E-state index in [1.54, 1.807) is 0 Å². The number of halogens is 3. The monoisotopic (exact) mass is 458 g/mol. The molecule has 0 saturated heterocycles. The normalized spacial score (nSPS) is 13.6. The third kappa shape index (κ3) is 3.80. The second kappa shape index (κ2) is 7.47. The zero-order chi connectivity index (χ0) is 19.9. The number of benzene rings is 2. The first-order valence-electron chi connectivity index (χ1n) is 8.14. The summed E-state index contributed by atoms with van der Waals surface area (Å²) in [6.45, 7) is 1.08. The zero-order valence-electron chi connectivity index (χ0n) is 14.2. The molecule has 146 valence electrons. The minimum Gasteiger partial charge on any atom is -0.367 e. The molecule has 0 bridgehead atoms. The van der Waals surface area contributed by atoms with Crippen molar-refractivity contribution in [2.45, 2.75) is 17.9 Å². The molecule has 4 rings (SSSR count). The molecule has 0 saturated carbocycles. The number of nitrogens with zero attached hydrogens (tertiary/aromatic N) is 3. The molecule has 28 heavy (non-hydrogen) atoms. The first-order valence-corrected chi connectivity index (χ1v) is 11.2. The minimum atomic E-state index is -4.17. The van der Waals surface area contributed by atoms with Gasteiger partial charge >= 0.3 is 0 Å². The van der Waals surface area contributed by atoms with Crippen molar-refractivity contribution in [1.82, 2.24) is 9.36 Å². The molecule has 2 heterocycles. The summed E-state index contributed by atoms with van der Waals surface area (Å²) in [5, 5.41) is 0.826. The third-order valence-electron chi connectivity index (χ3n) is 4.37. The summed E-state index contributed by atoms with van der Waals surface area (Å²) >= 11 is 13.2. The summed E-state index contributed by atoms with van der Waals surface area (Å²) in [5.41, 5.74) is 2.61. The number of hydrogen-bond acceptors (Lipinski definition) is 6. The van der Waals surface area contributed by atoms with E-state index in [1.807, 2.05) is 23.1 Å². The van der Waals surface area contributed by atoms with Gasteiger partial charge in [0.25, 0.3) is 10.0 Å². The number of nitrogens with one attached hydrogen (secondary N) is 1. The molecule has 0 fully saturated rings. The Morgan fingerprint density at radius 2 is 2.07 bits per heavy atom. The highest BCUT2D eigenvalue weighted by Crippen LogP contribution is 2.34. The molecule has 1 aromatic heterocycles. The van der Waals surface area contributed by atoms with Gasteiger partial charge in [0.1, 0.15) is 17.0 Å². The maximum absolute atomic E-state index is 14.6. The van der Waals surface area contributed by atoms with Crippen LogP contribution in [0.2, 0.25) is 10.0 Å². The second-order valence-electron chi connectivity index (χ2n) is 6.17. The highest BCUT2D eigenvalue weighted by Gasteiger charge is 2.25. The van der Waals surface area contributed by atoms with E-state index < -0.39 is 20.7 Å². The van der Waals surface area contributed by atoms with Crippen molar-refractivity contribution in [1.29, 1.82) is 0 Å². The van der Waals surface area contributed by atoms with Crippen LogP contribution in [0.4, 0.5) is 15.2 Å². The van der Waals surface area contributed by atoms with Crippen molar-refractivity contribution in [2.24, 2.45) is 0 Å². The van der Waals surface area contributed by atoms with Crippen LogP contribution in [0.1, 0.15) is 11.1 Å². The number of fused-ring (bicyclic) bond motifs is 1. The largest absolute Gasteiger partial charge is 0.367 e. The Kier molecular flexibility index (Phi) is 5.17. The van der Waals surface area contributed by atoms with E-state index >= 15 is 0 Å². The van der Waals surface area contributed by atoms with Crippen molar-refractivity contribution in [3.8, 4) is 0 Å². The van der Waals surface area contributed by atoms with Crippen LogP contribution in [0.3, 0.4) is 0 Å². The maximum Gasteiger partial charge on any atom is 0.266 e. The van der Waals surface area contributed by atoms with Gasteiger partial charge in [0.05, 0.1) is 0 Å². The number of aromatic nitrogens is 2. The molecule has 0 spiro atoms. The smallest absolute Gasteiger partial charge is 0.266 e. The average Bonchev–Trinajstić information content (AvgIpc) is 3.27. The van der Waals surface area contributed by atoms with E-state index in [9.17, 15) is 12.8 Å². The standard InChI is InChI=1S/C17H13Cl2FN4O2S2/c18-12-2-1-10-3-4-24(15(10)6-12)8-11-5-14(20)16(7-13(11)19)28(25,26)23-17-21-9-22-27-17/h1-2,5-7,9H,3-4,8H2,(H,21,22,23). The van der Waals surface area contributed by atoms with Crippen LogP contribution >= 0.6 is 34.7 Å². The fourth-order valence-corrected chi connectivity index (χ4v) is 5.28. The van der Waals surface area contributed by atoms with Crippen LogP contribution in [-0.2, 0) is 23.0 Å². The van der Waals surface area contributed by atoms with Crippen LogP contribution < -0.4 is 9.62 Å². The maximum atomic E-state index is 14.6. The van der Waals surface area contributed by atoms with E-state index in [0.29, 0.717) is 17.1 Å². The lowest BCUT2D eigenvalue weighted by Gasteiger charge is -2.21. The van der Waals surface area contributed by atoms with Crippen molar-refractivity contribution in [2.75, 3.05) is 16.2 Å². The molecule has 1 aliphatic heterocycles. The van der Waals surface area contributed by atoms with Gasteiger partial charge in [-0.15, -0.1) is 0 Å². The lowest BCUT2D eigenvalue weighted by molar-refractivity contribution is 0.568. The third-order valence-corrected chi connectivity index (χ3v) is 7.02. The van der Waals surface area contributed by atoms with E-state index in [-0.39, 0.29) is 10.2 Å². The summed E-state index contributed by atoms with van der Waals surface area (Å²) < 4.78 is 45.4. The molecular formula is C17H13Cl2FN4O2S2. The van der Waals surface area contributed by atoms with Crippen molar-refractivity contribution in [3.63, 3.8) is 0 Å². The van der Waals surface area contributed by atoms with Crippen LogP contribution in [0, 0.1) is 5.82 Å². The zero-order valence-corrected chi connectivity index (χ0v) is 17.3. The lowest BCUT2D eigenvalue weighted by atomic mass is 10.1. The van der Waals surface area contributed by atoms with Crippen molar-refractivity contribution < 1.29 is 12.8 Å². The Balaban J connectivity index is 1.61. The van der Waals surface area contributed by atoms with Gasteiger partial charge in [-0.25, -0.2) is 17.8 Å². The van der Waals surface area contributed by atoms with Gasteiger partial charge in [-0.1, -0.05) is 29.3 Å². The predicted molar refractivity (Wildman–Crippen MR) is 108 cm³/mol. The Labute approximate surface area is 175 Å². The fourth-order valence-electron chi connectivity index (χ4n) is 3.07. The summed E-state index contributed by atoms with van der Waals surface area (Å²) in [5.74, 6) is -0.887. The number of hydrogen-bond donors (Lipinski definition) is 1. The second-order valence-corrected chi connectivity index (χ2v) is 9.45. The highest BCUT2D eigenvalue weighted by atomic mass is 35.5. The molecule has 0 amide bonds. The van der Waals surface area contributed by atoms with Gasteiger partial charge in [-0.05, 0) is 41.8 Å². The molecule has 6 nitrogen and oxygen atoms in total. The van der Waals surface area contributed by atoms with Gasteiger partial charge < -0.3 is 4.90 Å². The Morgan fingerprint density at radius 3 is 2.82 bits per heavy atom. The van der Waals surface area contributed by atoms with E-state index in [2.05, 4.69) is 14.1 Å². The van der Waals surface area contributed by atoms with Gasteiger partial charge in [0, 0.05) is 40.4 Å². The lowest BCUT2D eigenvalue weighted by Crippen LogP contribution is -2.20. The fraction of sp³-hybridized carbons (Fsp3) is 0.176. The van der Waals surface area contributed by atoms with Crippen LogP contribution in [0.5, 0.6) is 0 Å². The summed E-state index contributed by atoms with van der Waals surface area (Å²) in [4.78, 5) is 5.23. The Bertz CT molecular complexity index is 1140. The number of anilines is 2. The van der Waals surface area contributed by atoms with E-state index in [0.717, 1.165) is 47.9 Å². The predicted octanol–water partition coefficient (Wildman–Crippen LogP) is 4.35. The summed E-state index contributed by atoms with van der Waals surface area (Å²) in [6.07, 6.45) is 2.06. The number of sulfonamides is 1. The molecule has 11 heteroatoms. The molecule has 3 aromatic rings. The minimum absolute atomic E-state index is 0.0464. The van der Waals surface area contributed by atoms with Crippen LogP contribution in [0.15, 0.2) is 41.6 Å². The SMILES string of the molecule is O=S(=O)(Nc1ncns1)c1cc(Cl)c(CN2CCc3ccc(Cl)cc32)cc1F. The molecule has 0 unspecified atom stereocenters. The molecule has 0 radical (unpaired) electrons. The topological polar surface area (TPSA) is 75.2 Å².